The normalized spacial score (nSPS) is 11.0. The van der Waals surface area contributed by atoms with Crippen molar-refractivity contribution >= 4 is 22.6 Å². The first-order valence-corrected chi connectivity index (χ1v) is 7.97. The molecule has 0 amide bonds. The van der Waals surface area contributed by atoms with E-state index in [4.69, 9.17) is 16.3 Å². The molecule has 2 aromatic carbocycles. The molecule has 0 aliphatic heterocycles. The third-order valence-corrected chi connectivity index (χ3v) is 4.33. The monoisotopic (exact) mass is 353 g/mol. The number of halogens is 2. The van der Waals surface area contributed by atoms with Gasteiger partial charge >= 0.3 is 0 Å². The molecule has 0 saturated heterocycles. The SMILES string of the molecule is COc1ccc(-c2cn(-c3ccc(F)cc3)c3ncnc(Cl)c23)cc1. The Morgan fingerprint density at radius 2 is 1.72 bits per heavy atom. The third kappa shape index (κ3) is 2.72. The summed E-state index contributed by atoms with van der Waals surface area (Å²) in [5.74, 6) is 0.483. The number of nitrogens with zero attached hydrogens (tertiary/aromatic N) is 3. The minimum Gasteiger partial charge on any atom is -0.497 e. The molecule has 0 fully saturated rings. The van der Waals surface area contributed by atoms with E-state index >= 15 is 0 Å². The molecule has 0 atom stereocenters. The first-order chi connectivity index (χ1) is 12.2. The zero-order chi connectivity index (χ0) is 17.4. The van der Waals surface area contributed by atoms with Crippen LogP contribution in [0.15, 0.2) is 61.1 Å². The molecule has 4 rings (SSSR count). The van der Waals surface area contributed by atoms with Crippen LogP contribution >= 0.6 is 11.6 Å². The van der Waals surface area contributed by atoms with Crippen LogP contribution < -0.4 is 4.74 Å². The Labute approximate surface area is 148 Å². The highest BCUT2D eigenvalue weighted by atomic mass is 35.5. The van der Waals surface area contributed by atoms with Gasteiger partial charge in [-0.05, 0) is 42.0 Å². The van der Waals surface area contributed by atoms with E-state index in [1.54, 1.807) is 19.2 Å². The lowest BCUT2D eigenvalue weighted by atomic mass is 10.1. The molecule has 0 N–H and O–H groups in total. The van der Waals surface area contributed by atoms with E-state index in [9.17, 15) is 4.39 Å². The number of hydrogen-bond acceptors (Lipinski definition) is 3. The fraction of sp³-hybridized carbons (Fsp3) is 0.0526. The van der Waals surface area contributed by atoms with Crippen molar-refractivity contribution in [3.8, 4) is 22.6 Å². The number of rotatable bonds is 3. The molecule has 0 bridgehead atoms. The fourth-order valence-electron chi connectivity index (χ4n) is 2.81. The topological polar surface area (TPSA) is 39.9 Å². The molecule has 0 saturated carbocycles. The number of aromatic nitrogens is 3. The van der Waals surface area contributed by atoms with E-state index in [0.717, 1.165) is 28.0 Å². The third-order valence-electron chi connectivity index (χ3n) is 4.04. The Kier molecular flexibility index (Phi) is 3.86. The number of benzene rings is 2. The summed E-state index contributed by atoms with van der Waals surface area (Å²) in [5, 5.41) is 1.12. The van der Waals surface area contributed by atoms with Crippen molar-refractivity contribution in [3.05, 3.63) is 72.0 Å². The van der Waals surface area contributed by atoms with Gasteiger partial charge in [0.05, 0.1) is 12.5 Å². The molecule has 4 nitrogen and oxygen atoms in total. The molecule has 6 heteroatoms. The summed E-state index contributed by atoms with van der Waals surface area (Å²) in [6, 6.07) is 13.9. The van der Waals surface area contributed by atoms with Crippen LogP contribution in [0.3, 0.4) is 0 Å². The molecule has 4 aromatic rings. The van der Waals surface area contributed by atoms with Gasteiger partial charge in [-0.2, -0.15) is 0 Å². The van der Waals surface area contributed by atoms with Crippen molar-refractivity contribution in [2.24, 2.45) is 0 Å². The highest BCUT2D eigenvalue weighted by Gasteiger charge is 2.16. The minimum absolute atomic E-state index is 0.289. The van der Waals surface area contributed by atoms with Gasteiger partial charge in [-0.15, -0.1) is 0 Å². The zero-order valence-electron chi connectivity index (χ0n) is 13.3. The van der Waals surface area contributed by atoms with E-state index in [0.29, 0.717) is 10.8 Å². The van der Waals surface area contributed by atoms with E-state index in [-0.39, 0.29) is 5.82 Å². The summed E-state index contributed by atoms with van der Waals surface area (Å²) >= 11 is 6.35. The quantitative estimate of drug-likeness (QED) is 0.492. The Morgan fingerprint density at radius 3 is 2.40 bits per heavy atom. The van der Waals surface area contributed by atoms with E-state index in [1.807, 2.05) is 35.0 Å². The van der Waals surface area contributed by atoms with Crippen LogP contribution in [-0.2, 0) is 0 Å². The lowest BCUT2D eigenvalue weighted by Gasteiger charge is -2.04. The molecular formula is C19H13ClFN3O. The van der Waals surface area contributed by atoms with Crippen LogP contribution in [0.1, 0.15) is 0 Å². The van der Waals surface area contributed by atoms with Gasteiger partial charge in [-0.3, -0.25) is 0 Å². The van der Waals surface area contributed by atoms with Crippen LogP contribution in [0.25, 0.3) is 27.8 Å². The molecular weight excluding hydrogens is 341 g/mol. The summed E-state index contributed by atoms with van der Waals surface area (Å²) < 4.78 is 20.3. The summed E-state index contributed by atoms with van der Waals surface area (Å²) in [5.41, 5.74) is 3.31. The zero-order valence-corrected chi connectivity index (χ0v) is 14.0. The van der Waals surface area contributed by atoms with Gasteiger partial charge in [0.2, 0.25) is 0 Å². The van der Waals surface area contributed by atoms with Gasteiger partial charge in [-0.25, -0.2) is 14.4 Å². The highest BCUT2D eigenvalue weighted by molar-refractivity contribution is 6.35. The van der Waals surface area contributed by atoms with Crippen LogP contribution in [0.2, 0.25) is 5.15 Å². The molecule has 0 unspecified atom stereocenters. The van der Waals surface area contributed by atoms with Crippen molar-refractivity contribution < 1.29 is 9.13 Å². The fourth-order valence-corrected chi connectivity index (χ4v) is 3.04. The van der Waals surface area contributed by atoms with Crippen molar-refractivity contribution in [1.29, 1.82) is 0 Å². The molecule has 25 heavy (non-hydrogen) atoms. The van der Waals surface area contributed by atoms with Gasteiger partial charge in [0.15, 0.2) is 0 Å². The number of methoxy groups -OCH3 is 1. The standard InChI is InChI=1S/C19H13ClFN3O/c1-25-15-8-2-12(3-9-15)16-10-24(14-6-4-13(21)5-7-14)19-17(16)18(20)22-11-23-19/h2-11H,1H3. The second-order valence-electron chi connectivity index (χ2n) is 5.48. The lowest BCUT2D eigenvalue weighted by molar-refractivity contribution is 0.415. The summed E-state index contributed by atoms with van der Waals surface area (Å²) in [6.45, 7) is 0. The minimum atomic E-state index is -0.289. The molecule has 0 aliphatic carbocycles. The summed E-state index contributed by atoms with van der Waals surface area (Å²) in [7, 11) is 1.63. The molecule has 124 valence electrons. The number of ether oxygens (including phenoxy) is 1. The highest BCUT2D eigenvalue weighted by Crippen LogP contribution is 2.35. The Hall–Kier alpha value is -2.92. The van der Waals surface area contributed by atoms with Gasteiger partial charge in [0.1, 0.15) is 28.7 Å². The Bertz CT molecular complexity index is 1040. The maximum atomic E-state index is 13.3. The summed E-state index contributed by atoms with van der Waals surface area (Å²) in [6.07, 6.45) is 3.35. The van der Waals surface area contributed by atoms with Gasteiger partial charge in [0.25, 0.3) is 0 Å². The molecule has 0 aliphatic rings. The van der Waals surface area contributed by atoms with Gasteiger partial charge < -0.3 is 9.30 Å². The van der Waals surface area contributed by atoms with Crippen LogP contribution in [-0.4, -0.2) is 21.6 Å². The first-order valence-electron chi connectivity index (χ1n) is 7.59. The van der Waals surface area contributed by atoms with Crippen molar-refractivity contribution in [1.82, 2.24) is 14.5 Å². The predicted octanol–water partition coefficient (Wildman–Crippen LogP) is 4.89. The molecule has 0 radical (unpaired) electrons. The van der Waals surface area contributed by atoms with E-state index in [1.165, 1.54) is 18.5 Å². The van der Waals surface area contributed by atoms with E-state index < -0.39 is 0 Å². The predicted molar refractivity (Wildman–Crippen MR) is 95.8 cm³/mol. The largest absolute Gasteiger partial charge is 0.497 e. The van der Waals surface area contributed by atoms with Crippen LogP contribution in [0.5, 0.6) is 5.75 Å². The van der Waals surface area contributed by atoms with Crippen molar-refractivity contribution in [2.75, 3.05) is 7.11 Å². The molecule has 0 spiro atoms. The van der Waals surface area contributed by atoms with Crippen molar-refractivity contribution in [3.63, 3.8) is 0 Å². The van der Waals surface area contributed by atoms with Crippen LogP contribution in [0, 0.1) is 5.82 Å². The maximum absolute atomic E-state index is 13.3. The Morgan fingerprint density at radius 1 is 1.00 bits per heavy atom. The Balaban J connectivity index is 1.96. The molecule has 2 aromatic heterocycles. The summed E-state index contributed by atoms with van der Waals surface area (Å²) in [4.78, 5) is 8.47. The number of fused-ring (bicyclic) bond motifs is 1. The van der Waals surface area contributed by atoms with Gasteiger partial charge in [0, 0.05) is 17.4 Å². The van der Waals surface area contributed by atoms with Gasteiger partial charge in [-0.1, -0.05) is 23.7 Å². The van der Waals surface area contributed by atoms with Crippen LogP contribution in [0.4, 0.5) is 4.39 Å². The molecule has 2 heterocycles. The smallest absolute Gasteiger partial charge is 0.150 e. The maximum Gasteiger partial charge on any atom is 0.150 e. The lowest BCUT2D eigenvalue weighted by Crippen LogP contribution is -1.94. The second-order valence-corrected chi connectivity index (χ2v) is 5.84. The van der Waals surface area contributed by atoms with E-state index in [2.05, 4.69) is 9.97 Å². The first kappa shape index (κ1) is 15.6. The average molecular weight is 354 g/mol. The second kappa shape index (κ2) is 6.18. The number of hydrogen-bond donors (Lipinski definition) is 0. The van der Waals surface area contributed by atoms with Crippen molar-refractivity contribution in [2.45, 2.75) is 0 Å². The average Bonchev–Trinajstić information content (AvgIpc) is 3.03.